The zero-order valence-corrected chi connectivity index (χ0v) is 22.4. The Hall–Kier alpha value is -2.78. The van der Waals surface area contributed by atoms with Gasteiger partial charge >= 0.3 is 12.1 Å². The number of hydrogen-bond acceptors (Lipinski definition) is 10. The Balaban J connectivity index is 1.99. The SMILES string of the molecule is CSS[C@@H](C)OC1C[C@H](n2nc(C#CCNC(=O)C(F)(F)F)c3c(=O)[nH]c(/N=C\N(C)C)nc32)O[C@@H]1CO. The number of aliphatic imine (C=N–C) groups is 1. The molecule has 3 N–H and O–H groups in total. The number of carbonyl (C=O) groups excluding carboxylic acids is 1. The van der Waals surface area contributed by atoms with Gasteiger partial charge in [-0.2, -0.15) is 23.3 Å². The summed E-state index contributed by atoms with van der Waals surface area (Å²) in [6.45, 7) is 0.916. The number of aromatic nitrogens is 4. The van der Waals surface area contributed by atoms with E-state index >= 15 is 0 Å². The summed E-state index contributed by atoms with van der Waals surface area (Å²) in [7, 11) is 6.49. The summed E-state index contributed by atoms with van der Waals surface area (Å²) >= 11 is 0. The first-order valence-corrected chi connectivity index (χ1v) is 13.7. The Bertz CT molecular complexity index is 1290. The first kappa shape index (κ1) is 29.8. The summed E-state index contributed by atoms with van der Waals surface area (Å²) in [4.78, 5) is 36.6. The Morgan fingerprint density at radius 2 is 2.24 bits per heavy atom. The van der Waals surface area contributed by atoms with Crippen molar-refractivity contribution in [3.63, 3.8) is 0 Å². The Morgan fingerprint density at radius 1 is 1.50 bits per heavy atom. The van der Waals surface area contributed by atoms with Crippen molar-refractivity contribution >= 4 is 50.8 Å². The van der Waals surface area contributed by atoms with Crippen LogP contribution in [0.3, 0.4) is 0 Å². The summed E-state index contributed by atoms with van der Waals surface area (Å²) in [5.74, 6) is 2.72. The first-order chi connectivity index (χ1) is 17.9. The molecule has 0 spiro atoms. The molecule has 0 saturated carbocycles. The van der Waals surface area contributed by atoms with E-state index in [1.807, 2.05) is 13.2 Å². The Labute approximate surface area is 223 Å². The molecule has 1 saturated heterocycles. The summed E-state index contributed by atoms with van der Waals surface area (Å²) < 4.78 is 50.5. The van der Waals surface area contributed by atoms with Crippen molar-refractivity contribution in [2.45, 2.75) is 43.4 Å². The van der Waals surface area contributed by atoms with Gasteiger partial charge in [-0.1, -0.05) is 27.5 Å². The zero-order valence-electron chi connectivity index (χ0n) is 20.8. The molecule has 0 aromatic carbocycles. The number of nitrogens with one attached hydrogen (secondary N) is 2. The molecular formula is C21H26F3N7O5S2. The van der Waals surface area contributed by atoms with Gasteiger partial charge in [0.25, 0.3) is 5.56 Å². The Kier molecular flexibility index (Phi) is 10.1. The maximum atomic E-state index is 12.9. The number of aliphatic hydroxyl groups is 1. The van der Waals surface area contributed by atoms with Crippen molar-refractivity contribution in [3.8, 4) is 11.8 Å². The summed E-state index contributed by atoms with van der Waals surface area (Å²) in [5.41, 5.74) is -0.845. The average molecular weight is 578 g/mol. The number of carbonyl (C=O) groups is 1. The van der Waals surface area contributed by atoms with E-state index in [1.54, 1.807) is 24.3 Å². The summed E-state index contributed by atoms with van der Waals surface area (Å²) in [5, 5.41) is 15.8. The number of amides is 1. The molecule has 1 aliphatic heterocycles. The fraction of sp³-hybridized carbons (Fsp3) is 0.571. The van der Waals surface area contributed by atoms with Gasteiger partial charge in [0.1, 0.15) is 16.9 Å². The Morgan fingerprint density at radius 3 is 2.87 bits per heavy atom. The van der Waals surface area contributed by atoms with Crippen LogP contribution in [0.2, 0.25) is 0 Å². The van der Waals surface area contributed by atoms with Crippen molar-refractivity contribution in [1.29, 1.82) is 0 Å². The van der Waals surface area contributed by atoms with Gasteiger partial charge < -0.3 is 24.8 Å². The van der Waals surface area contributed by atoms with Gasteiger partial charge in [-0.3, -0.25) is 14.6 Å². The van der Waals surface area contributed by atoms with Crippen molar-refractivity contribution in [1.82, 2.24) is 30.0 Å². The predicted octanol–water partition coefficient (Wildman–Crippen LogP) is 1.39. The number of rotatable bonds is 9. The predicted molar refractivity (Wildman–Crippen MR) is 137 cm³/mol. The van der Waals surface area contributed by atoms with Crippen molar-refractivity contribution < 1.29 is 32.5 Å². The molecule has 1 fully saturated rings. The number of ether oxygens (including phenoxy) is 2. The lowest BCUT2D eigenvalue weighted by atomic mass is 10.2. The second-order valence-corrected chi connectivity index (χ2v) is 10.9. The normalized spacial score (nSPS) is 20.5. The van der Waals surface area contributed by atoms with E-state index in [4.69, 9.17) is 9.47 Å². The molecule has 0 radical (unpaired) electrons. The van der Waals surface area contributed by atoms with Gasteiger partial charge in [-0.15, -0.1) is 0 Å². The number of aromatic amines is 1. The lowest BCUT2D eigenvalue weighted by Crippen LogP contribution is -2.36. The number of aliphatic hydroxyl groups excluding tert-OH is 1. The highest BCUT2D eigenvalue weighted by Crippen LogP contribution is 2.35. The van der Waals surface area contributed by atoms with E-state index in [2.05, 4.69) is 31.9 Å². The second-order valence-electron chi connectivity index (χ2n) is 8.12. The number of hydrogen-bond donors (Lipinski definition) is 3. The van der Waals surface area contributed by atoms with Crippen LogP contribution >= 0.6 is 21.6 Å². The molecule has 3 heterocycles. The summed E-state index contributed by atoms with van der Waals surface area (Å²) in [6, 6.07) is 0. The number of H-pyrrole nitrogens is 1. The molecular weight excluding hydrogens is 551 g/mol. The third kappa shape index (κ3) is 7.41. The zero-order chi connectivity index (χ0) is 28.0. The summed E-state index contributed by atoms with van der Waals surface area (Å²) in [6.07, 6.45) is -3.41. The highest BCUT2D eigenvalue weighted by Gasteiger charge is 2.40. The number of halogens is 3. The quantitative estimate of drug-likeness (QED) is 0.131. The van der Waals surface area contributed by atoms with Crippen LogP contribution in [0, 0.1) is 11.8 Å². The molecule has 1 aliphatic rings. The van der Waals surface area contributed by atoms with Crippen molar-refractivity contribution in [2.75, 3.05) is 33.5 Å². The minimum Gasteiger partial charge on any atom is -0.394 e. The van der Waals surface area contributed by atoms with Crippen molar-refractivity contribution in [3.05, 3.63) is 16.0 Å². The van der Waals surface area contributed by atoms with E-state index < -0.39 is 42.6 Å². The molecule has 4 atom stereocenters. The topological polar surface area (TPSA) is 147 Å². The largest absolute Gasteiger partial charge is 0.471 e. The van der Waals surface area contributed by atoms with Crippen LogP contribution in [0.15, 0.2) is 9.79 Å². The molecule has 2 aromatic rings. The van der Waals surface area contributed by atoms with Gasteiger partial charge in [0.15, 0.2) is 17.6 Å². The van der Waals surface area contributed by atoms with E-state index in [0.717, 1.165) is 0 Å². The maximum Gasteiger partial charge on any atom is 0.471 e. The van der Waals surface area contributed by atoms with Crippen LogP contribution in [-0.2, 0) is 14.3 Å². The highest BCUT2D eigenvalue weighted by molar-refractivity contribution is 8.76. The monoisotopic (exact) mass is 577 g/mol. The van der Waals surface area contributed by atoms with Crippen LogP contribution in [0.4, 0.5) is 19.1 Å². The molecule has 2 aromatic heterocycles. The van der Waals surface area contributed by atoms with Gasteiger partial charge in [0.2, 0.25) is 5.95 Å². The standard InChI is InChI=1S/C21H26F3N7O5S2/c1-11(38-37-4)35-13-8-15(36-14(13)9-32)31-17-16(18(33)28-20(27-17)26-10-30(2)3)12(29-31)6-5-7-25-19(34)21(22,23)24/h10-11,13-15,32H,7-9H2,1-4H3,(H,25,34)(H,27,28,33)/b26-10-/t11-,13?,14+,15+/m0/s1. The first-order valence-electron chi connectivity index (χ1n) is 11.1. The number of fused-ring (bicyclic) bond motifs is 1. The van der Waals surface area contributed by atoms with Crippen LogP contribution < -0.4 is 10.9 Å². The fourth-order valence-electron chi connectivity index (χ4n) is 3.47. The molecule has 12 nitrogen and oxygen atoms in total. The third-order valence-corrected chi connectivity index (χ3v) is 6.96. The number of alkyl halides is 3. The van der Waals surface area contributed by atoms with E-state index in [-0.39, 0.29) is 41.1 Å². The fourth-order valence-corrected chi connectivity index (χ4v) is 4.88. The molecule has 1 unspecified atom stereocenters. The molecule has 38 heavy (non-hydrogen) atoms. The lowest BCUT2D eigenvalue weighted by molar-refractivity contribution is -0.173. The van der Waals surface area contributed by atoms with Crippen molar-refractivity contribution in [2.24, 2.45) is 4.99 Å². The maximum absolute atomic E-state index is 12.9. The van der Waals surface area contributed by atoms with E-state index in [0.29, 0.717) is 0 Å². The average Bonchev–Trinajstić information content (AvgIpc) is 3.41. The van der Waals surface area contributed by atoms with Crippen LogP contribution in [0.5, 0.6) is 0 Å². The second kappa shape index (κ2) is 12.8. The van der Waals surface area contributed by atoms with Gasteiger partial charge in [0, 0.05) is 20.5 Å². The molecule has 0 aliphatic carbocycles. The van der Waals surface area contributed by atoms with Gasteiger partial charge in [-0.25, -0.2) is 9.67 Å². The minimum atomic E-state index is -5.05. The molecule has 3 rings (SSSR count). The van der Waals surface area contributed by atoms with Crippen LogP contribution in [0.1, 0.15) is 25.3 Å². The molecule has 208 valence electrons. The number of nitrogens with zero attached hydrogens (tertiary/aromatic N) is 5. The van der Waals surface area contributed by atoms with E-state index in [1.165, 1.54) is 32.6 Å². The van der Waals surface area contributed by atoms with Gasteiger partial charge in [-0.05, 0) is 19.1 Å². The minimum absolute atomic E-state index is 0.0243. The van der Waals surface area contributed by atoms with E-state index in [9.17, 15) is 27.9 Å². The van der Waals surface area contributed by atoms with Crippen LogP contribution in [-0.4, -0.2) is 99.3 Å². The molecule has 0 bridgehead atoms. The third-order valence-electron chi connectivity index (χ3n) is 4.99. The van der Waals surface area contributed by atoms with Gasteiger partial charge in [0.05, 0.1) is 25.6 Å². The molecule has 17 heteroatoms. The van der Waals surface area contributed by atoms with Crippen LogP contribution in [0.25, 0.3) is 11.0 Å². The molecule has 1 amide bonds. The highest BCUT2D eigenvalue weighted by atomic mass is 33.1. The smallest absolute Gasteiger partial charge is 0.394 e. The lowest BCUT2D eigenvalue weighted by Gasteiger charge is -2.20.